The zero-order chi connectivity index (χ0) is 14.0. The molecule has 0 heterocycles. The van der Waals surface area contributed by atoms with Crippen LogP contribution in [0.3, 0.4) is 0 Å². The van der Waals surface area contributed by atoms with E-state index in [4.69, 9.17) is 22.1 Å². The molecule has 2 N–H and O–H groups in total. The van der Waals surface area contributed by atoms with Crippen LogP contribution in [0.2, 0.25) is 5.02 Å². The van der Waals surface area contributed by atoms with Crippen molar-refractivity contribution in [1.82, 2.24) is 0 Å². The molecule has 0 amide bonds. The summed E-state index contributed by atoms with van der Waals surface area (Å²) >= 11 is 6.02. The van der Waals surface area contributed by atoms with Crippen molar-refractivity contribution >= 4 is 23.1 Å². The van der Waals surface area contributed by atoms with Crippen molar-refractivity contribution in [3.05, 3.63) is 58.1 Å². The second-order valence-corrected chi connectivity index (χ2v) is 4.68. The van der Waals surface area contributed by atoms with E-state index in [-0.39, 0.29) is 5.78 Å². The van der Waals surface area contributed by atoms with E-state index in [1.165, 1.54) is 7.11 Å². The molecule has 0 aliphatic rings. The number of carbonyl (C=O) groups is 1. The van der Waals surface area contributed by atoms with Gasteiger partial charge < -0.3 is 10.5 Å². The van der Waals surface area contributed by atoms with Crippen LogP contribution in [0.15, 0.2) is 36.4 Å². The third-order valence-corrected chi connectivity index (χ3v) is 3.16. The number of hydrogen-bond acceptors (Lipinski definition) is 3. The highest BCUT2D eigenvalue weighted by Crippen LogP contribution is 2.27. The molecule has 0 saturated heterocycles. The minimum absolute atomic E-state index is 0.147. The van der Waals surface area contributed by atoms with Gasteiger partial charge in [0.2, 0.25) is 0 Å². The molecule has 0 radical (unpaired) electrons. The molecule has 4 heteroatoms. The first-order valence-electron chi connectivity index (χ1n) is 5.77. The van der Waals surface area contributed by atoms with Crippen LogP contribution in [-0.4, -0.2) is 12.9 Å². The van der Waals surface area contributed by atoms with Crippen molar-refractivity contribution in [3.8, 4) is 5.75 Å². The summed E-state index contributed by atoms with van der Waals surface area (Å²) < 4.78 is 5.06. The van der Waals surface area contributed by atoms with Gasteiger partial charge in [0.05, 0.1) is 12.1 Å². The van der Waals surface area contributed by atoms with E-state index in [0.717, 1.165) is 5.56 Å². The fourth-order valence-corrected chi connectivity index (χ4v) is 2.09. The van der Waals surface area contributed by atoms with Gasteiger partial charge in [-0.25, -0.2) is 0 Å². The second-order valence-electron chi connectivity index (χ2n) is 4.27. The van der Waals surface area contributed by atoms with Crippen LogP contribution in [-0.2, 0) is 0 Å². The average molecular weight is 276 g/mol. The van der Waals surface area contributed by atoms with Gasteiger partial charge in [-0.2, -0.15) is 0 Å². The first-order valence-corrected chi connectivity index (χ1v) is 6.15. The van der Waals surface area contributed by atoms with Gasteiger partial charge in [-0.05, 0) is 37.3 Å². The quantitative estimate of drug-likeness (QED) is 0.689. The van der Waals surface area contributed by atoms with Crippen molar-refractivity contribution in [2.24, 2.45) is 0 Å². The van der Waals surface area contributed by atoms with Gasteiger partial charge in [-0.3, -0.25) is 4.79 Å². The third kappa shape index (κ3) is 2.71. The molecule has 3 nitrogen and oxygen atoms in total. The second kappa shape index (κ2) is 5.33. The first-order chi connectivity index (χ1) is 9.02. The van der Waals surface area contributed by atoms with Gasteiger partial charge in [0.1, 0.15) is 5.75 Å². The Kier molecular flexibility index (Phi) is 3.76. The lowest BCUT2D eigenvalue weighted by Gasteiger charge is -2.08. The first kappa shape index (κ1) is 13.4. The number of anilines is 1. The molecule has 2 rings (SSSR count). The Morgan fingerprint density at radius 1 is 1.21 bits per heavy atom. The molecule has 2 aromatic rings. The summed E-state index contributed by atoms with van der Waals surface area (Å²) in [4.78, 5) is 12.4. The van der Waals surface area contributed by atoms with Crippen LogP contribution < -0.4 is 10.5 Å². The lowest BCUT2D eigenvalue weighted by molar-refractivity contribution is 0.103. The minimum Gasteiger partial charge on any atom is -0.495 e. The fourth-order valence-electron chi connectivity index (χ4n) is 1.83. The summed E-state index contributed by atoms with van der Waals surface area (Å²) in [6.07, 6.45) is 0. The van der Waals surface area contributed by atoms with Crippen LogP contribution in [0.5, 0.6) is 5.75 Å². The predicted octanol–water partition coefficient (Wildman–Crippen LogP) is 3.47. The SMILES string of the molecule is COc1ccc(C(=O)c2cc(C)ccc2N)cc1Cl. The third-order valence-electron chi connectivity index (χ3n) is 2.87. The van der Waals surface area contributed by atoms with E-state index in [1.54, 1.807) is 30.3 Å². The van der Waals surface area contributed by atoms with Gasteiger partial charge in [-0.1, -0.05) is 23.2 Å². The molecule has 0 unspecified atom stereocenters. The maximum absolute atomic E-state index is 12.4. The minimum atomic E-state index is -0.147. The molecule has 0 spiro atoms. The van der Waals surface area contributed by atoms with Crippen LogP contribution >= 0.6 is 11.6 Å². The molecule has 2 aromatic carbocycles. The number of rotatable bonds is 3. The van der Waals surface area contributed by atoms with Crippen LogP contribution in [0.25, 0.3) is 0 Å². The summed E-state index contributed by atoms with van der Waals surface area (Å²) in [5.74, 6) is 0.390. The Balaban J connectivity index is 2.44. The standard InChI is InChI=1S/C15H14ClNO2/c1-9-3-5-13(17)11(7-9)15(18)10-4-6-14(19-2)12(16)8-10/h3-8H,17H2,1-2H3. The summed E-state index contributed by atoms with van der Waals surface area (Å²) in [6.45, 7) is 1.91. The topological polar surface area (TPSA) is 52.3 Å². The van der Waals surface area contributed by atoms with Crippen LogP contribution in [0.4, 0.5) is 5.69 Å². The zero-order valence-electron chi connectivity index (χ0n) is 10.7. The number of nitrogens with two attached hydrogens (primary N) is 1. The number of nitrogen functional groups attached to an aromatic ring is 1. The Bertz CT molecular complexity index is 638. The number of methoxy groups -OCH3 is 1. The van der Waals surface area contributed by atoms with E-state index < -0.39 is 0 Å². The fraction of sp³-hybridized carbons (Fsp3) is 0.133. The van der Waals surface area contributed by atoms with Gasteiger partial charge >= 0.3 is 0 Å². The summed E-state index contributed by atoms with van der Waals surface area (Å²) in [7, 11) is 1.53. The maximum Gasteiger partial charge on any atom is 0.195 e. The molecular formula is C15H14ClNO2. The van der Waals surface area contributed by atoms with E-state index in [0.29, 0.717) is 27.6 Å². The number of carbonyl (C=O) groups excluding carboxylic acids is 1. The lowest BCUT2D eigenvalue weighted by atomic mass is 10.00. The van der Waals surface area contributed by atoms with Gasteiger partial charge in [0, 0.05) is 16.8 Å². The largest absolute Gasteiger partial charge is 0.495 e. The molecule has 0 bridgehead atoms. The lowest BCUT2D eigenvalue weighted by Crippen LogP contribution is -2.06. The van der Waals surface area contributed by atoms with Gasteiger partial charge in [0.15, 0.2) is 5.78 Å². The van der Waals surface area contributed by atoms with Crippen LogP contribution in [0.1, 0.15) is 21.5 Å². The highest BCUT2D eigenvalue weighted by atomic mass is 35.5. The molecule has 0 atom stereocenters. The van der Waals surface area contributed by atoms with Crippen molar-refractivity contribution < 1.29 is 9.53 Å². The predicted molar refractivity (Wildman–Crippen MR) is 77.0 cm³/mol. The molecule has 0 aromatic heterocycles. The maximum atomic E-state index is 12.4. The van der Waals surface area contributed by atoms with Crippen molar-refractivity contribution in [3.63, 3.8) is 0 Å². The van der Waals surface area contributed by atoms with E-state index in [2.05, 4.69) is 0 Å². The molecule has 98 valence electrons. The number of halogens is 1. The average Bonchev–Trinajstić information content (AvgIpc) is 2.40. The monoisotopic (exact) mass is 275 g/mol. The molecule has 0 fully saturated rings. The number of ether oxygens (including phenoxy) is 1. The molecule has 0 saturated carbocycles. The summed E-state index contributed by atoms with van der Waals surface area (Å²) in [5.41, 5.74) is 8.26. The van der Waals surface area contributed by atoms with E-state index in [9.17, 15) is 4.79 Å². The number of ketones is 1. The van der Waals surface area contributed by atoms with Gasteiger partial charge in [-0.15, -0.1) is 0 Å². The molecule has 19 heavy (non-hydrogen) atoms. The molecular weight excluding hydrogens is 262 g/mol. The Morgan fingerprint density at radius 2 is 1.95 bits per heavy atom. The zero-order valence-corrected chi connectivity index (χ0v) is 11.5. The number of aryl methyl sites for hydroxylation is 1. The normalized spacial score (nSPS) is 10.3. The number of hydrogen-bond donors (Lipinski definition) is 1. The molecule has 0 aliphatic carbocycles. The Labute approximate surface area is 117 Å². The van der Waals surface area contributed by atoms with Crippen molar-refractivity contribution in [2.45, 2.75) is 6.92 Å². The smallest absolute Gasteiger partial charge is 0.195 e. The van der Waals surface area contributed by atoms with Crippen molar-refractivity contribution in [1.29, 1.82) is 0 Å². The van der Waals surface area contributed by atoms with Crippen LogP contribution in [0, 0.1) is 6.92 Å². The van der Waals surface area contributed by atoms with Gasteiger partial charge in [0.25, 0.3) is 0 Å². The Morgan fingerprint density at radius 3 is 2.58 bits per heavy atom. The Hall–Kier alpha value is -2.00. The van der Waals surface area contributed by atoms with Crippen molar-refractivity contribution in [2.75, 3.05) is 12.8 Å². The molecule has 0 aliphatic heterocycles. The summed E-state index contributed by atoms with van der Waals surface area (Å²) in [5, 5.41) is 0.402. The highest BCUT2D eigenvalue weighted by molar-refractivity contribution is 6.32. The summed E-state index contributed by atoms with van der Waals surface area (Å²) in [6, 6.07) is 10.3. The number of benzene rings is 2. The van der Waals surface area contributed by atoms with E-state index in [1.807, 2.05) is 13.0 Å². The highest BCUT2D eigenvalue weighted by Gasteiger charge is 2.14. The van der Waals surface area contributed by atoms with E-state index >= 15 is 0 Å².